The van der Waals surface area contributed by atoms with Gasteiger partial charge in [0.05, 0.1) is 14.2 Å². The number of rotatable bonds is 6. The molecule has 1 saturated carbocycles. The molecule has 4 nitrogen and oxygen atoms in total. The molecule has 0 saturated heterocycles. The van der Waals surface area contributed by atoms with Crippen molar-refractivity contribution in [2.45, 2.75) is 31.8 Å². The Morgan fingerprint density at radius 3 is 2.70 bits per heavy atom. The molecule has 1 aromatic carbocycles. The molecule has 1 aliphatic rings. The quantitative estimate of drug-likeness (QED) is 0.867. The fraction of sp³-hybridized carbons (Fsp3) is 0.625. The lowest BCUT2D eigenvalue weighted by Gasteiger charge is -2.29. The van der Waals surface area contributed by atoms with Crippen LogP contribution in [0.5, 0.6) is 11.5 Å². The van der Waals surface area contributed by atoms with Crippen molar-refractivity contribution in [2.75, 3.05) is 27.8 Å². The zero-order valence-corrected chi connectivity index (χ0v) is 12.8. The third kappa shape index (κ3) is 3.25. The Hall–Kier alpha value is -1.26. The summed E-state index contributed by atoms with van der Waals surface area (Å²) in [5.41, 5.74) is 7.05. The molecule has 2 unspecified atom stereocenters. The SMILES string of the molecule is COc1ccc(OC)c(CN(C)C2CCCC2CN)c1. The van der Waals surface area contributed by atoms with Crippen molar-refractivity contribution < 1.29 is 9.47 Å². The van der Waals surface area contributed by atoms with E-state index >= 15 is 0 Å². The molecule has 20 heavy (non-hydrogen) atoms. The van der Waals surface area contributed by atoms with Gasteiger partial charge in [0, 0.05) is 18.2 Å². The molecule has 1 aromatic rings. The number of methoxy groups -OCH3 is 2. The number of hydrogen-bond acceptors (Lipinski definition) is 4. The Bertz CT molecular complexity index is 436. The highest BCUT2D eigenvalue weighted by atomic mass is 16.5. The van der Waals surface area contributed by atoms with Crippen molar-refractivity contribution in [3.63, 3.8) is 0 Å². The molecule has 0 aromatic heterocycles. The van der Waals surface area contributed by atoms with Gasteiger partial charge in [-0.2, -0.15) is 0 Å². The van der Waals surface area contributed by atoms with E-state index in [2.05, 4.69) is 18.0 Å². The monoisotopic (exact) mass is 278 g/mol. The summed E-state index contributed by atoms with van der Waals surface area (Å²) in [5, 5.41) is 0. The van der Waals surface area contributed by atoms with E-state index in [1.54, 1.807) is 14.2 Å². The van der Waals surface area contributed by atoms with Gasteiger partial charge in [-0.25, -0.2) is 0 Å². The van der Waals surface area contributed by atoms with Crippen LogP contribution in [-0.2, 0) is 6.54 Å². The molecule has 4 heteroatoms. The van der Waals surface area contributed by atoms with Crippen LogP contribution in [0, 0.1) is 5.92 Å². The maximum absolute atomic E-state index is 5.89. The van der Waals surface area contributed by atoms with E-state index in [-0.39, 0.29) is 0 Å². The molecule has 2 rings (SSSR count). The zero-order chi connectivity index (χ0) is 14.5. The van der Waals surface area contributed by atoms with Crippen molar-refractivity contribution in [3.05, 3.63) is 23.8 Å². The summed E-state index contributed by atoms with van der Waals surface area (Å²) >= 11 is 0. The second kappa shape index (κ2) is 6.95. The number of nitrogens with zero attached hydrogens (tertiary/aromatic N) is 1. The van der Waals surface area contributed by atoms with Gasteiger partial charge >= 0.3 is 0 Å². The van der Waals surface area contributed by atoms with Crippen LogP contribution >= 0.6 is 0 Å². The standard InChI is InChI=1S/C16H26N2O2/c1-18(15-6-4-5-12(15)10-17)11-13-9-14(19-2)7-8-16(13)20-3/h7-9,12,15H,4-6,10-11,17H2,1-3H3. The molecular weight excluding hydrogens is 252 g/mol. The van der Waals surface area contributed by atoms with E-state index in [0.717, 1.165) is 30.2 Å². The highest BCUT2D eigenvalue weighted by Gasteiger charge is 2.29. The van der Waals surface area contributed by atoms with Crippen molar-refractivity contribution in [1.82, 2.24) is 4.90 Å². The molecule has 2 N–H and O–H groups in total. The molecule has 0 heterocycles. The lowest BCUT2D eigenvalue weighted by Crippen LogP contribution is -2.37. The molecule has 0 aliphatic heterocycles. The second-order valence-electron chi connectivity index (χ2n) is 5.59. The van der Waals surface area contributed by atoms with Crippen LogP contribution in [0.15, 0.2) is 18.2 Å². The van der Waals surface area contributed by atoms with E-state index in [0.29, 0.717) is 12.0 Å². The van der Waals surface area contributed by atoms with Crippen molar-refractivity contribution >= 4 is 0 Å². The summed E-state index contributed by atoms with van der Waals surface area (Å²) in [7, 11) is 5.58. The first-order valence-electron chi connectivity index (χ1n) is 7.30. The van der Waals surface area contributed by atoms with Crippen LogP contribution in [0.1, 0.15) is 24.8 Å². The number of nitrogens with two attached hydrogens (primary N) is 1. The van der Waals surface area contributed by atoms with Gasteiger partial charge in [0.25, 0.3) is 0 Å². The van der Waals surface area contributed by atoms with E-state index in [1.165, 1.54) is 19.3 Å². The maximum atomic E-state index is 5.89. The van der Waals surface area contributed by atoms with Gasteiger partial charge in [0.1, 0.15) is 11.5 Å². The summed E-state index contributed by atoms with van der Waals surface area (Å²) < 4.78 is 10.8. The van der Waals surface area contributed by atoms with Crippen LogP contribution in [0.25, 0.3) is 0 Å². The van der Waals surface area contributed by atoms with Gasteiger partial charge < -0.3 is 15.2 Å². The van der Waals surface area contributed by atoms with Crippen molar-refractivity contribution in [3.8, 4) is 11.5 Å². The van der Waals surface area contributed by atoms with Crippen LogP contribution in [0.3, 0.4) is 0 Å². The predicted octanol–water partition coefficient (Wildman–Crippen LogP) is 2.26. The maximum Gasteiger partial charge on any atom is 0.123 e. The lowest BCUT2D eigenvalue weighted by atomic mass is 10.0. The molecule has 0 spiro atoms. The average Bonchev–Trinajstić information content (AvgIpc) is 2.95. The summed E-state index contributed by atoms with van der Waals surface area (Å²) in [6.07, 6.45) is 3.78. The van der Waals surface area contributed by atoms with Gasteiger partial charge in [0.15, 0.2) is 0 Å². The minimum Gasteiger partial charge on any atom is -0.497 e. The topological polar surface area (TPSA) is 47.7 Å². The summed E-state index contributed by atoms with van der Waals surface area (Å²) in [6, 6.07) is 6.54. The van der Waals surface area contributed by atoms with Gasteiger partial charge in [0.2, 0.25) is 0 Å². The first-order valence-corrected chi connectivity index (χ1v) is 7.30. The number of benzene rings is 1. The number of ether oxygens (including phenoxy) is 2. The third-order valence-electron chi connectivity index (χ3n) is 4.40. The normalized spacial score (nSPS) is 22.2. The van der Waals surface area contributed by atoms with Crippen LogP contribution in [0.2, 0.25) is 0 Å². The van der Waals surface area contributed by atoms with Gasteiger partial charge in [-0.15, -0.1) is 0 Å². The highest BCUT2D eigenvalue weighted by molar-refractivity contribution is 5.40. The summed E-state index contributed by atoms with van der Waals surface area (Å²) in [5.74, 6) is 2.41. The van der Waals surface area contributed by atoms with Crippen LogP contribution < -0.4 is 15.2 Å². The first-order chi connectivity index (χ1) is 9.69. The Balaban J connectivity index is 2.11. The fourth-order valence-corrected chi connectivity index (χ4v) is 3.26. The van der Waals surface area contributed by atoms with E-state index in [1.807, 2.05) is 12.1 Å². The highest BCUT2D eigenvalue weighted by Crippen LogP contribution is 2.31. The average molecular weight is 278 g/mol. The van der Waals surface area contributed by atoms with E-state index in [9.17, 15) is 0 Å². The first kappa shape index (κ1) is 15.1. The molecule has 2 atom stereocenters. The Kier molecular flexibility index (Phi) is 5.26. The Morgan fingerprint density at radius 2 is 2.05 bits per heavy atom. The van der Waals surface area contributed by atoms with Crippen molar-refractivity contribution in [1.29, 1.82) is 0 Å². The second-order valence-corrected chi connectivity index (χ2v) is 5.59. The zero-order valence-electron chi connectivity index (χ0n) is 12.8. The summed E-state index contributed by atoms with van der Waals surface area (Å²) in [6.45, 7) is 1.64. The predicted molar refractivity (Wildman–Crippen MR) is 81.2 cm³/mol. The summed E-state index contributed by atoms with van der Waals surface area (Å²) in [4.78, 5) is 2.40. The van der Waals surface area contributed by atoms with Gasteiger partial charge in [-0.1, -0.05) is 6.42 Å². The van der Waals surface area contributed by atoms with Gasteiger partial charge in [-0.05, 0) is 50.6 Å². The third-order valence-corrected chi connectivity index (χ3v) is 4.40. The Labute approximate surface area is 121 Å². The fourth-order valence-electron chi connectivity index (χ4n) is 3.26. The molecule has 0 bridgehead atoms. The Morgan fingerprint density at radius 1 is 1.25 bits per heavy atom. The van der Waals surface area contributed by atoms with Crippen LogP contribution in [-0.4, -0.2) is 38.8 Å². The minimum atomic E-state index is 0.580. The molecule has 0 radical (unpaired) electrons. The molecule has 112 valence electrons. The van der Waals surface area contributed by atoms with Crippen LogP contribution in [0.4, 0.5) is 0 Å². The van der Waals surface area contributed by atoms with Gasteiger partial charge in [-0.3, -0.25) is 4.90 Å². The smallest absolute Gasteiger partial charge is 0.123 e. The largest absolute Gasteiger partial charge is 0.497 e. The molecule has 1 aliphatic carbocycles. The molecular formula is C16H26N2O2. The number of hydrogen-bond donors (Lipinski definition) is 1. The molecule has 1 fully saturated rings. The van der Waals surface area contributed by atoms with Crippen molar-refractivity contribution in [2.24, 2.45) is 11.7 Å². The van der Waals surface area contributed by atoms with E-state index in [4.69, 9.17) is 15.2 Å². The lowest BCUT2D eigenvalue weighted by molar-refractivity contribution is 0.190. The van der Waals surface area contributed by atoms with E-state index < -0.39 is 0 Å². The molecule has 0 amide bonds. The minimum absolute atomic E-state index is 0.580.